The first-order chi connectivity index (χ1) is 12.1. The van der Waals surface area contributed by atoms with Gasteiger partial charge in [0, 0.05) is 23.6 Å². The smallest absolute Gasteiger partial charge is 0.261 e. The summed E-state index contributed by atoms with van der Waals surface area (Å²) in [4.78, 5) is 12.8. The number of fused-ring (bicyclic) bond motifs is 1. The van der Waals surface area contributed by atoms with Crippen molar-refractivity contribution >= 4 is 28.7 Å². The van der Waals surface area contributed by atoms with Gasteiger partial charge in [0.2, 0.25) is 0 Å². The summed E-state index contributed by atoms with van der Waals surface area (Å²) in [6, 6.07) is 12.7. The summed E-state index contributed by atoms with van der Waals surface area (Å²) in [6.07, 6.45) is 3.47. The molecule has 0 bridgehead atoms. The number of amides is 1. The van der Waals surface area contributed by atoms with Gasteiger partial charge in [-0.1, -0.05) is 35.0 Å². The fourth-order valence-electron chi connectivity index (χ4n) is 2.67. The van der Waals surface area contributed by atoms with E-state index < -0.39 is 0 Å². The van der Waals surface area contributed by atoms with Gasteiger partial charge in [-0.15, -0.1) is 0 Å². The molecule has 25 heavy (non-hydrogen) atoms. The lowest BCUT2D eigenvalue weighted by Gasteiger charge is -2.07. The van der Waals surface area contributed by atoms with Crippen molar-refractivity contribution in [3.63, 3.8) is 0 Å². The first-order valence-corrected chi connectivity index (χ1v) is 7.97. The lowest BCUT2D eigenvalue weighted by molar-refractivity contribution is 0.102. The van der Waals surface area contributed by atoms with Crippen LogP contribution in [0.4, 0.5) is 5.69 Å². The van der Waals surface area contributed by atoms with Gasteiger partial charge >= 0.3 is 0 Å². The maximum absolute atomic E-state index is 12.8. The maximum atomic E-state index is 12.8. The van der Waals surface area contributed by atoms with E-state index in [1.54, 1.807) is 42.0 Å². The number of rotatable bonds is 3. The van der Waals surface area contributed by atoms with Crippen molar-refractivity contribution in [3.05, 3.63) is 71.2 Å². The Morgan fingerprint density at radius 2 is 2.08 bits per heavy atom. The van der Waals surface area contributed by atoms with Gasteiger partial charge in [0.1, 0.15) is 17.0 Å². The second-order valence-electron chi connectivity index (χ2n) is 5.51. The molecule has 124 valence electrons. The van der Waals surface area contributed by atoms with Gasteiger partial charge in [0.05, 0.1) is 10.5 Å². The number of pyridine rings is 1. The summed E-state index contributed by atoms with van der Waals surface area (Å²) in [5.41, 5.74) is 2.97. The Bertz CT molecular complexity index is 1080. The topological polar surface area (TPSA) is 72.4 Å². The van der Waals surface area contributed by atoms with Crippen molar-refractivity contribution in [1.82, 2.24) is 14.8 Å². The third-order valence-electron chi connectivity index (χ3n) is 3.88. The van der Waals surface area contributed by atoms with Crippen molar-refractivity contribution in [1.29, 1.82) is 0 Å². The van der Waals surface area contributed by atoms with E-state index >= 15 is 0 Å². The van der Waals surface area contributed by atoms with Crippen molar-refractivity contribution in [3.8, 4) is 11.3 Å². The Labute approximate surface area is 148 Å². The Morgan fingerprint density at radius 1 is 1.24 bits per heavy atom. The van der Waals surface area contributed by atoms with Crippen LogP contribution in [-0.2, 0) is 0 Å². The SMILES string of the molecule is Cc1onc(-c2ccccc2Cl)c1C(=O)Nc1ccn2nccc2c1. The second-order valence-corrected chi connectivity index (χ2v) is 5.92. The Kier molecular flexibility index (Phi) is 3.74. The first-order valence-electron chi connectivity index (χ1n) is 7.59. The molecule has 0 aliphatic heterocycles. The second kappa shape index (κ2) is 6.07. The molecule has 1 N–H and O–H groups in total. The number of nitrogens with one attached hydrogen (secondary N) is 1. The van der Waals surface area contributed by atoms with E-state index in [9.17, 15) is 4.79 Å². The van der Waals surface area contributed by atoms with Gasteiger partial charge in [0.25, 0.3) is 5.91 Å². The predicted molar refractivity (Wildman–Crippen MR) is 94.8 cm³/mol. The number of nitrogens with zero attached hydrogens (tertiary/aromatic N) is 3. The molecule has 0 spiro atoms. The molecule has 0 aliphatic rings. The van der Waals surface area contributed by atoms with Gasteiger partial charge in [-0.3, -0.25) is 4.79 Å². The van der Waals surface area contributed by atoms with Crippen LogP contribution in [0, 0.1) is 6.92 Å². The standard InChI is InChI=1S/C18H13ClN4O2/c1-11-16(17(22-25-11)14-4-2-3-5-15(14)19)18(24)21-12-7-9-23-13(10-12)6-8-20-23/h2-10H,1H3,(H,21,24). The zero-order valence-corrected chi connectivity index (χ0v) is 14.0. The first kappa shape index (κ1) is 15.4. The molecule has 4 rings (SSSR count). The summed E-state index contributed by atoms with van der Waals surface area (Å²) in [7, 11) is 0. The third-order valence-corrected chi connectivity index (χ3v) is 4.21. The Morgan fingerprint density at radius 3 is 2.92 bits per heavy atom. The molecule has 0 radical (unpaired) electrons. The fraction of sp³-hybridized carbons (Fsp3) is 0.0556. The average Bonchev–Trinajstić information content (AvgIpc) is 3.21. The summed E-state index contributed by atoms with van der Waals surface area (Å²) in [5, 5.41) is 11.5. The number of anilines is 1. The molecular weight excluding hydrogens is 340 g/mol. The van der Waals surface area contributed by atoms with Gasteiger partial charge in [-0.2, -0.15) is 5.10 Å². The lowest BCUT2D eigenvalue weighted by atomic mass is 10.1. The predicted octanol–water partition coefficient (Wildman–Crippen LogP) is 4.20. The van der Waals surface area contributed by atoms with Crippen molar-refractivity contribution < 1.29 is 9.32 Å². The van der Waals surface area contributed by atoms with Crippen LogP contribution >= 0.6 is 11.6 Å². The van der Waals surface area contributed by atoms with Gasteiger partial charge in [0.15, 0.2) is 0 Å². The van der Waals surface area contributed by atoms with Crippen LogP contribution in [0.1, 0.15) is 16.1 Å². The van der Waals surface area contributed by atoms with Gasteiger partial charge in [-0.25, -0.2) is 4.52 Å². The van der Waals surface area contributed by atoms with Crippen molar-refractivity contribution in [2.75, 3.05) is 5.32 Å². The van der Waals surface area contributed by atoms with Crippen LogP contribution in [-0.4, -0.2) is 20.7 Å². The quantitative estimate of drug-likeness (QED) is 0.599. The van der Waals surface area contributed by atoms with Crippen LogP contribution < -0.4 is 5.32 Å². The van der Waals surface area contributed by atoms with Crippen LogP contribution in [0.2, 0.25) is 5.02 Å². The third kappa shape index (κ3) is 2.77. The molecule has 4 aromatic rings. The molecule has 7 heteroatoms. The van der Waals surface area contributed by atoms with Crippen LogP contribution in [0.5, 0.6) is 0 Å². The van der Waals surface area contributed by atoms with Gasteiger partial charge < -0.3 is 9.84 Å². The van der Waals surface area contributed by atoms with E-state index in [0.717, 1.165) is 5.52 Å². The van der Waals surface area contributed by atoms with Crippen LogP contribution in [0.25, 0.3) is 16.8 Å². The minimum Gasteiger partial charge on any atom is -0.360 e. The van der Waals surface area contributed by atoms with E-state index in [2.05, 4.69) is 15.6 Å². The normalized spacial score (nSPS) is 11.0. The highest BCUT2D eigenvalue weighted by Crippen LogP contribution is 2.31. The van der Waals surface area contributed by atoms with E-state index in [-0.39, 0.29) is 5.91 Å². The van der Waals surface area contributed by atoms with E-state index in [0.29, 0.717) is 33.3 Å². The van der Waals surface area contributed by atoms with E-state index in [1.165, 1.54) is 0 Å². The van der Waals surface area contributed by atoms with Crippen molar-refractivity contribution in [2.24, 2.45) is 0 Å². The molecule has 1 aromatic carbocycles. The number of aryl methyl sites for hydroxylation is 1. The number of hydrogen-bond acceptors (Lipinski definition) is 4. The molecule has 3 aromatic heterocycles. The van der Waals surface area contributed by atoms with Gasteiger partial charge in [-0.05, 0) is 31.2 Å². The monoisotopic (exact) mass is 352 g/mol. The van der Waals surface area contributed by atoms with Crippen molar-refractivity contribution in [2.45, 2.75) is 6.92 Å². The summed E-state index contributed by atoms with van der Waals surface area (Å²) in [5.74, 6) is 0.121. The highest BCUT2D eigenvalue weighted by atomic mass is 35.5. The number of carbonyl (C=O) groups is 1. The minimum absolute atomic E-state index is 0.308. The molecule has 6 nitrogen and oxygen atoms in total. The average molecular weight is 353 g/mol. The lowest BCUT2D eigenvalue weighted by Crippen LogP contribution is -2.13. The van der Waals surface area contributed by atoms with E-state index in [1.807, 2.05) is 24.3 Å². The van der Waals surface area contributed by atoms with Crippen LogP contribution in [0.3, 0.4) is 0 Å². The molecule has 1 amide bonds. The number of benzene rings is 1. The Hall–Kier alpha value is -3.12. The Balaban J connectivity index is 1.71. The maximum Gasteiger partial charge on any atom is 0.261 e. The molecule has 0 unspecified atom stereocenters. The molecular formula is C18H13ClN4O2. The largest absolute Gasteiger partial charge is 0.360 e. The summed E-state index contributed by atoms with van der Waals surface area (Å²) < 4.78 is 6.96. The van der Waals surface area contributed by atoms with Crippen LogP contribution in [0.15, 0.2) is 59.4 Å². The summed E-state index contributed by atoms with van der Waals surface area (Å²) in [6.45, 7) is 1.70. The molecule has 0 saturated carbocycles. The number of aromatic nitrogens is 3. The molecule has 0 saturated heterocycles. The number of carbonyl (C=O) groups excluding carboxylic acids is 1. The highest BCUT2D eigenvalue weighted by Gasteiger charge is 2.23. The molecule has 3 heterocycles. The number of hydrogen-bond donors (Lipinski definition) is 1. The highest BCUT2D eigenvalue weighted by molar-refractivity contribution is 6.33. The molecule has 0 fully saturated rings. The minimum atomic E-state index is -0.308. The van der Waals surface area contributed by atoms with E-state index in [4.69, 9.17) is 16.1 Å². The summed E-state index contributed by atoms with van der Waals surface area (Å²) >= 11 is 6.23. The molecule has 0 aliphatic carbocycles. The fourth-order valence-corrected chi connectivity index (χ4v) is 2.89. The zero-order chi connectivity index (χ0) is 17.4. The number of halogens is 1. The zero-order valence-electron chi connectivity index (χ0n) is 13.2. The molecule has 0 atom stereocenters.